The average molecular weight is 431 g/mol. The third-order valence-corrected chi connectivity index (χ3v) is 7.22. The first-order valence-electron chi connectivity index (χ1n) is 9.40. The summed E-state index contributed by atoms with van der Waals surface area (Å²) >= 11 is 1.69. The molecule has 0 radical (unpaired) electrons. The fourth-order valence-corrected chi connectivity index (χ4v) is 5.21. The van der Waals surface area contributed by atoms with E-state index in [-0.39, 0.29) is 24.9 Å². The second-order valence-electron chi connectivity index (χ2n) is 7.16. The van der Waals surface area contributed by atoms with Crippen molar-refractivity contribution in [2.45, 2.75) is 19.3 Å². The highest BCUT2D eigenvalue weighted by molar-refractivity contribution is 7.86. The average Bonchev–Trinajstić information content (AvgIpc) is 3.11. The number of carbonyl (C=O) groups is 1. The predicted molar refractivity (Wildman–Crippen MR) is 115 cm³/mol. The molecule has 1 fully saturated rings. The summed E-state index contributed by atoms with van der Waals surface area (Å²) in [5, 5.41) is 9.13. The Morgan fingerprint density at radius 3 is 2.48 bits per heavy atom. The number of nitrogens with two attached hydrogens (primary N) is 1. The summed E-state index contributed by atoms with van der Waals surface area (Å²) in [4.78, 5) is 17.1. The molecule has 0 unspecified atom stereocenters. The van der Waals surface area contributed by atoms with Gasteiger partial charge < -0.3 is 5.32 Å². The van der Waals surface area contributed by atoms with E-state index >= 15 is 0 Å². The van der Waals surface area contributed by atoms with E-state index in [4.69, 9.17) is 5.14 Å². The summed E-state index contributed by atoms with van der Waals surface area (Å²) in [5.41, 5.74) is 2.88. The van der Waals surface area contributed by atoms with Gasteiger partial charge in [0.05, 0.1) is 15.2 Å². The smallest absolute Gasteiger partial charge is 0.276 e. The summed E-state index contributed by atoms with van der Waals surface area (Å²) < 4.78 is 25.1. The number of fused-ring (bicyclic) bond motifs is 1. The topological polar surface area (TPSA) is 105 Å². The van der Waals surface area contributed by atoms with Crippen molar-refractivity contribution in [2.24, 2.45) is 11.1 Å². The third kappa shape index (κ3) is 4.81. The summed E-state index contributed by atoms with van der Waals surface area (Å²) in [6.07, 6.45) is 1.69. The quantitative estimate of drug-likeness (QED) is 0.649. The van der Waals surface area contributed by atoms with Crippen molar-refractivity contribution in [2.75, 3.05) is 18.4 Å². The lowest BCUT2D eigenvalue weighted by atomic mass is 9.97. The van der Waals surface area contributed by atoms with Crippen molar-refractivity contribution in [3.8, 4) is 0 Å². The van der Waals surface area contributed by atoms with Gasteiger partial charge in [0, 0.05) is 31.1 Å². The van der Waals surface area contributed by atoms with Gasteiger partial charge in [0.25, 0.3) is 10.2 Å². The Hall–Kier alpha value is -2.33. The summed E-state index contributed by atoms with van der Waals surface area (Å²) in [7, 11) is -3.68. The zero-order valence-corrected chi connectivity index (χ0v) is 17.4. The van der Waals surface area contributed by atoms with E-state index in [2.05, 4.69) is 16.4 Å². The van der Waals surface area contributed by atoms with Gasteiger partial charge in [-0.1, -0.05) is 24.3 Å². The van der Waals surface area contributed by atoms with Crippen LogP contribution in [0.3, 0.4) is 0 Å². The molecule has 3 aromatic rings. The number of nitrogens with one attached hydrogen (secondary N) is 1. The molecule has 7 nitrogen and oxygen atoms in total. The number of para-hydroxylation sites is 1. The van der Waals surface area contributed by atoms with Crippen LogP contribution in [0, 0.1) is 5.92 Å². The molecule has 29 heavy (non-hydrogen) atoms. The van der Waals surface area contributed by atoms with Gasteiger partial charge >= 0.3 is 0 Å². The van der Waals surface area contributed by atoms with Crippen molar-refractivity contribution >= 4 is 43.4 Å². The van der Waals surface area contributed by atoms with Gasteiger partial charge in [0.1, 0.15) is 0 Å². The fourth-order valence-electron chi connectivity index (χ4n) is 3.49. The summed E-state index contributed by atoms with van der Waals surface area (Å²) in [5.74, 6) is -0.298. The monoisotopic (exact) mass is 430 g/mol. The Bertz CT molecular complexity index is 1090. The maximum atomic E-state index is 12.5. The number of carbonyl (C=O) groups excluding carboxylic acids is 1. The van der Waals surface area contributed by atoms with E-state index in [1.807, 2.05) is 42.5 Å². The van der Waals surface area contributed by atoms with Gasteiger partial charge in [-0.05, 0) is 42.7 Å². The lowest BCUT2D eigenvalue weighted by molar-refractivity contribution is -0.120. The number of thiazole rings is 1. The van der Waals surface area contributed by atoms with Crippen LogP contribution in [0.5, 0.6) is 0 Å². The Balaban J connectivity index is 1.34. The molecule has 1 saturated heterocycles. The minimum Gasteiger partial charge on any atom is -0.326 e. The van der Waals surface area contributed by atoms with Crippen LogP contribution >= 0.6 is 11.3 Å². The predicted octanol–water partition coefficient (Wildman–Crippen LogP) is 2.74. The van der Waals surface area contributed by atoms with Crippen LogP contribution in [0.15, 0.2) is 48.5 Å². The molecule has 4 rings (SSSR count). The number of aromatic nitrogens is 1. The van der Waals surface area contributed by atoms with E-state index in [0.717, 1.165) is 28.2 Å². The highest BCUT2D eigenvalue weighted by Crippen LogP contribution is 2.25. The molecule has 1 aromatic heterocycles. The normalized spacial score (nSPS) is 16.2. The highest BCUT2D eigenvalue weighted by Gasteiger charge is 2.29. The third-order valence-electron chi connectivity index (χ3n) is 5.10. The molecular weight excluding hydrogens is 408 g/mol. The molecule has 0 spiro atoms. The van der Waals surface area contributed by atoms with E-state index in [1.54, 1.807) is 11.3 Å². The van der Waals surface area contributed by atoms with Crippen LogP contribution in [0.1, 0.15) is 23.4 Å². The van der Waals surface area contributed by atoms with Gasteiger partial charge in [-0.3, -0.25) is 4.79 Å². The Kier molecular flexibility index (Phi) is 5.64. The number of amides is 1. The largest absolute Gasteiger partial charge is 0.326 e. The first kappa shape index (κ1) is 20.0. The maximum absolute atomic E-state index is 12.5. The molecule has 2 heterocycles. The van der Waals surface area contributed by atoms with Crippen molar-refractivity contribution < 1.29 is 13.2 Å². The lowest BCUT2D eigenvalue weighted by Gasteiger charge is -2.29. The van der Waals surface area contributed by atoms with Crippen molar-refractivity contribution in [1.82, 2.24) is 9.29 Å². The number of hydrogen-bond donors (Lipinski definition) is 2. The van der Waals surface area contributed by atoms with Gasteiger partial charge in [0.15, 0.2) is 0 Å². The van der Waals surface area contributed by atoms with Crippen LogP contribution in [0.2, 0.25) is 0 Å². The van der Waals surface area contributed by atoms with Crippen LogP contribution in [0.4, 0.5) is 5.69 Å². The van der Waals surface area contributed by atoms with Crippen LogP contribution in [-0.4, -0.2) is 36.7 Å². The minimum atomic E-state index is -3.68. The number of piperidine rings is 1. The fraction of sp³-hybridized carbons (Fsp3) is 0.300. The first-order chi connectivity index (χ1) is 13.9. The van der Waals surface area contributed by atoms with Crippen LogP contribution in [-0.2, 0) is 21.4 Å². The molecule has 2 aromatic carbocycles. The van der Waals surface area contributed by atoms with E-state index in [0.29, 0.717) is 12.8 Å². The number of rotatable bonds is 5. The molecular formula is C20H22N4O3S2. The molecule has 152 valence electrons. The zero-order valence-electron chi connectivity index (χ0n) is 15.7. The first-order valence-corrected chi connectivity index (χ1v) is 11.7. The molecule has 0 bridgehead atoms. The standard InChI is InChI=1S/C20H22N4O3S2/c21-29(26,27)24-11-9-15(10-12-24)20(25)22-16-7-5-14(6-8-16)13-19-23-17-3-1-2-4-18(17)28-19/h1-8,15H,9-13H2,(H,22,25)(H2,21,26,27). The van der Waals surface area contributed by atoms with E-state index in [1.165, 1.54) is 9.01 Å². The van der Waals surface area contributed by atoms with Gasteiger partial charge in [-0.15, -0.1) is 11.3 Å². The molecule has 1 amide bonds. The highest BCUT2D eigenvalue weighted by atomic mass is 32.2. The maximum Gasteiger partial charge on any atom is 0.276 e. The van der Waals surface area contributed by atoms with Gasteiger partial charge in [-0.25, -0.2) is 10.1 Å². The van der Waals surface area contributed by atoms with Crippen molar-refractivity contribution in [3.05, 3.63) is 59.1 Å². The second-order valence-corrected chi connectivity index (χ2v) is 9.82. The SMILES string of the molecule is NS(=O)(=O)N1CCC(C(=O)Nc2ccc(Cc3nc4ccccc4s3)cc2)CC1. The lowest BCUT2D eigenvalue weighted by Crippen LogP contribution is -2.44. The molecule has 0 aliphatic carbocycles. The molecule has 3 N–H and O–H groups in total. The number of nitrogens with zero attached hydrogens (tertiary/aromatic N) is 2. The second kappa shape index (κ2) is 8.19. The molecule has 1 aliphatic rings. The van der Waals surface area contributed by atoms with Gasteiger partial charge in [0.2, 0.25) is 5.91 Å². The van der Waals surface area contributed by atoms with Crippen molar-refractivity contribution in [3.63, 3.8) is 0 Å². The number of benzene rings is 2. The molecule has 0 atom stereocenters. The Labute approximate surface area is 173 Å². The number of hydrogen-bond acceptors (Lipinski definition) is 5. The Morgan fingerprint density at radius 1 is 1.14 bits per heavy atom. The molecule has 0 saturated carbocycles. The zero-order chi connectivity index (χ0) is 20.4. The Morgan fingerprint density at radius 2 is 1.83 bits per heavy atom. The summed E-state index contributed by atoms with van der Waals surface area (Å²) in [6.45, 7) is 0.552. The molecule has 9 heteroatoms. The van der Waals surface area contributed by atoms with Crippen LogP contribution in [0.25, 0.3) is 10.2 Å². The van der Waals surface area contributed by atoms with Crippen LogP contribution < -0.4 is 10.5 Å². The van der Waals surface area contributed by atoms with E-state index in [9.17, 15) is 13.2 Å². The van der Waals surface area contributed by atoms with Gasteiger partial charge in [-0.2, -0.15) is 12.7 Å². The van der Waals surface area contributed by atoms with E-state index < -0.39 is 10.2 Å². The van der Waals surface area contributed by atoms with Crippen molar-refractivity contribution in [1.29, 1.82) is 0 Å². The minimum absolute atomic E-state index is 0.0852. The summed E-state index contributed by atoms with van der Waals surface area (Å²) in [6, 6.07) is 15.9. The number of anilines is 1. The molecule has 1 aliphatic heterocycles.